The maximum Gasteiger partial charge on any atom is 0.137 e. The molecule has 0 radical (unpaired) electrons. The van der Waals surface area contributed by atoms with Crippen LogP contribution in [-0.2, 0) is 0 Å². The van der Waals surface area contributed by atoms with E-state index in [-0.39, 0.29) is 25.9 Å². The number of hydrogen-bond acceptors (Lipinski definition) is 6. The Morgan fingerprint density at radius 3 is 2.19 bits per heavy atom. The molecule has 0 unspecified atom stereocenters. The number of aliphatic hydroxyl groups is 4. The van der Waals surface area contributed by atoms with Crippen LogP contribution in [0.15, 0.2) is 67.0 Å². The summed E-state index contributed by atoms with van der Waals surface area (Å²) in [6, 6.07) is 15.2. The Hall–Kier alpha value is -2.97. The van der Waals surface area contributed by atoms with Crippen LogP contribution in [0.3, 0.4) is 0 Å². The van der Waals surface area contributed by atoms with Crippen LogP contribution < -0.4 is 4.74 Å². The van der Waals surface area contributed by atoms with Crippen molar-refractivity contribution in [1.29, 1.82) is 0 Å². The molecule has 7 nitrogen and oxygen atoms in total. The fourth-order valence-corrected chi connectivity index (χ4v) is 3.17. The van der Waals surface area contributed by atoms with Gasteiger partial charge in [-0.25, -0.2) is 4.98 Å². The van der Waals surface area contributed by atoms with E-state index in [1.807, 2.05) is 60.7 Å². The van der Waals surface area contributed by atoms with Crippen LogP contribution in [0.4, 0.5) is 0 Å². The normalized spacial score (nSPS) is 14.5. The molecular formula is C24H28N2O5. The van der Waals surface area contributed by atoms with Crippen LogP contribution in [0, 0.1) is 0 Å². The minimum Gasteiger partial charge on any atom is -0.491 e. The standard InChI is InChI=1S/C24H28N2O5/c1-17(29)24-25-12-13-26(24)21(14-27)9-4-18-2-5-19(6-3-18)20-7-10-23(11-8-20)31-16-22(30)15-28/h2-13,17,21-22,27-30H,14-16H2,1H3/b9-4+/t17-,21-,22+/m0/s1. The zero-order valence-electron chi connectivity index (χ0n) is 17.4. The molecule has 1 heterocycles. The number of benzene rings is 2. The molecular weight excluding hydrogens is 396 g/mol. The topological polar surface area (TPSA) is 108 Å². The van der Waals surface area contributed by atoms with Crippen LogP contribution >= 0.6 is 0 Å². The van der Waals surface area contributed by atoms with Crippen molar-refractivity contribution in [2.45, 2.75) is 25.2 Å². The molecule has 0 fully saturated rings. The number of imidazole rings is 1. The molecule has 7 heteroatoms. The van der Waals surface area contributed by atoms with Crippen molar-refractivity contribution in [2.24, 2.45) is 0 Å². The number of aliphatic hydroxyl groups excluding tert-OH is 4. The van der Waals surface area contributed by atoms with E-state index < -0.39 is 12.2 Å². The van der Waals surface area contributed by atoms with E-state index in [4.69, 9.17) is 9.84 Å². The molecule has 0 aliphatic carbocycles. The summed E-state index contributed by atoms with van der Waals surface area (Å²) in [5.74, 6) is 1.14. The fraction of sp³-hybridized carbons (Fsp3) is 0.292. The highest BCUT2D eigenvalue weighted by Crippen LogP contribution is 2.24. The van der Waals surface area contributed by atoms with Crippen LogP contribution in [0.2, 0.25) is 0 Å². The number of ether oxygens (including phenoxy) is 1. The van der Waals surface area contributed by atoms with E-state index in [0.29, 0.717) is 11.6 Å². The molecule has 0 saturated heterocycles. The number of aromatic nitrogens is 2. The summed E-state index contributed by atoms with van der Waals surface area (Å²) in [4.78, 5) is 4.15. The summed E-state index contributed by atoms with van der Waals surface area (Å²) in [7, 11) is 0. The van der Waals surface area contributed by atoms with Crippen molar-refractivity contribution in [3.8, 4) is 16.9 Å². The van der Waals surface area contributed by atoms with E-state index in [0.717, 1.165) is 16.7 Å². The zero-order chi connectivity index (χ0) is 22.2. The molecule has 31 heavy (non-hydrogen) atoms. The highest BCUT2D eigenvalue weighted by atomic mass is 16.5. The second-order valence-electron chi connectivity index (χ2n) is 7.27. The minimum atomic E-state index is -0.891. The second kappa shape index (κ2) is 10.9. The van der Waals surface area contributed by atoms with E-state index in [2.05, 4.69) is 4.98 Å². The van der Waals surface area contributed by atoms with Crippen LogP contribution in [-0.4, -0.2) is 55.9 Å². The van der Waals surface area contributed by atoms with E-state index in [1.165, 1.54) is 0 Å². The molecule has 0 bridgehead atoms. The lowest BCUT2D eigenvalue weighted by atomic mass is 10.0. The fourth-order valence-electron chi connectivity index (χ4n) is 3.17. The predicted octanol–water partition coefficient (Wildman–Crippen LogP) is 2.58. The molecule has 164 valence electrons. The van der Waals surface area contributed by atoms with Gasteiger partial charge in [-0.3, -0.25) is 0 Å². The first-order valence-electron chi connectivity index (χ1n) is 10.1. The Morgan fingerprint density at radius 2 is 1.61 bits per heavy atom. The zero-order valence-corrected chi connectivity index (χ0v) is 17.4. The number of rotatable bonds is 10. The van der Waals surface area contributed by atoms with Crippen molar-refractivity contribution in [1.82, 2.24) is 9.55 Å². The van der Waals surface area contributed by atoms with Gasteiger partial charge in [0.1, 0.15) is 30.4 Å². The summed E-state index contributed by atoms with van der Waals surface area (Å²) in [5, 5.41) is 37.8. The Balaban J connectivity index is 1.66. The monoisotopic (exact) mass is 424 g/mol. The highest BCUT2D eigenvalue weighted by Gasteiger charge is 2.14. The molecule has 0 aliphatic rings. The molecule has 3 atom stereocenters. The summed E-state index contributed by atoms with van der Waals surface area (Å²) in [6.07, 6.45) is 5.56. The van der Waals surface area contributed by atoms with Gasteiger partial charge in [0, 0.05) is 12.4 Å². The van der Waals surface area contributed by atoms with Crippen molar-refractivity contribution < 1.29 is 25.2 Å². The molecule has 3 aromatic rings. The first kappa shape index (κ1) is 22.7. The summed E-state index contributed by atoms with van der Waals surface area (Å²) >= 11 is 0. The van der Waals surface area contributed by atoms with Crippen molar-refractivity contribution in [2.75, 3.05) is 19.8 Å². The third-order valence-electron chi connectivity index (χ3n) is 4.88. The summed E-state index contributed by atoms with van der Waals surface area (Å²) < 4.78 is 7.19. The van der Waals surface area contributed by atoms with Gasteiger partial charge in [0.2, 0.25) is 0 Å². The Kier molecular flexibility index (Phi) is 7.97. The second-order valence-corrected chi connectivity index (χ2v) is 7.27. The predicted molar refractivity (Wildman–Crippen MR) is 118 cm³/mol. The van der Waals surface area contributed by atoms with Gasteiger partial charge in [-0.2, -0.15) is 0 Å². The lowest BCUT2D eigenvalue weighted by Gasteiger charge is -2.16. The molecule has 0 saturated carbocycles. The molecule has 0 spiro atoms. The largest absolute Gasteiger partial charge is 0.491 e. The Labute approximate surface area is 181 Å². The first-order chi connectivity index (χ1) is 15.0. The number of nitrogens with zero attached hydrogens (tertiary/aromatic N) is 2. The first-order valence-corrected chi connectivity index (χ1v) is 10.1. The maximum absolute atomic E-state index is 9.83. The van der Waals surface area contributed by atoms with Gasteiger partial charge in [-0.05, 0) is 35.7 Å². The Bertz CT molecular complexity index is 964. The van der Waals surface area contributed by atoms with E-state index in [9.17, 15) is 15.3 Å². The highest BCUT2D eigenvalue weighted by molar-refractivity contribution is 5.66. The quantitative estimate of drug-likeness (QED) is 0.398. The third kappa shape index (κ3) is 6.02. The lowest BCUT2D eigenvalue weighted by molar-refractivity contribution is 0.0536. The molecule has 0 amide bonds. The smallest absolute Gasteiger partial charge is 0.137 e. The maximum atomic E-state index is 9.83. The van der Waals surface area contributed by atoms with Crippen LogP contribution in [0.1, 0.15) is 30.5 Å². The van der Waals surface area contributed by atoms with Gasteiger partial charge in [0.05, 0.1) is 19.3 Å². The average molecular weight is 424 g/mol. The number of hydrogen-bond donors (Lipinski definition) is 4. The molecule has 1 aromatic heterocycles. The molecule has 2 aromatic carbocycles. The van der Waals surface area contributed by atoms with Gasteiger partial charge >= 0.3 is 0 Å². The van der Waals surface area contributed by atoms with Crippen molar-refractivity contribution in [3.63, 3.8) is 0 Å². The summed E-state index contributed by atoms with van der Waals surface area (Å²) in [6.45, 7) is 1.26. The van der Waals surface area contributed by atoms with Crippen LogP contribution in [0.5, 0.6) is 5.75 Å². The third-order valence-corrected chi connectivity index (χ3v) is 4.88. The van der Waals surface area contributed by atoms with E-state index >= 15 is 0 Å². The van der Waals surface area contributed by atoms with Crippen LogP contribution in [0.25, 0.3) is 17.2 Å². The van der Waals surface area contributed by atoms with E-state index in [1.54, 1.807) is 23.9 Å². The molecule has 0 aliphatic heterocycles. The SMILES string of the molecule is C[C@H](O)c1nccn1[C@@H](/C=C/c1ccc(-c2ccc(OC[C@H](O)CO)cc2)cc1)CO. The van der Waals surface area contributed by atoms with Gasteiger partial charge in [0.15, 0.2) is 0 Å². The van der Waals surface area contributed by atoms with Gasteiger partial charge in [-0.1, -0.05) is 48.6 Å². The molecule has 3 rings (SSSR count). The van der Waals surface area contributed by atoms with Gasteiger partial charge in [0.25, 0.3) is 0 Å². The molecule has 4 N–H and O–H groups in total. The van der Waals surface area contributed by atoms with Crippen molar-refractivity contribution in [3.05, 3.63) is 78.4 Å². The van der Waals surface area contributed by atoms with Gasteiger partial charge < -0.3 is 29.7 Å². The van der Waals surface area contributed by atoms with Gasteiger partial charge in [-0.15, -0.1) is 0 Å². The minimum absolute atomic E-state index is 0.0451. The summed E-state index contributed by atoms with van der Waals surface area (Å²) in [5.41, 5.74) is 3.06. The Morgan fingerprint density at radius 1 is 0.968 bits per heavy atom. The average Bonchev–Trinajstić information content (AvgIpc) is 3.29. The lowest BCUT2D eigenvalue weighted by Crippen LogP contribution is -2.21. The van der Waals surface area contributed by atoms with Crippen molar-refractivity contribution >= 4 is 6.08 Å².